The van der Waals surface area contributed by atoms with Crippen molar-refractivity contribution in [1.82, 2.24) is 9.13 Å². The maximum absolute atomic E-state index is 9.74. The van der Waals surface area contributed by atoms with Crippen LogP contribution in [-0.2, 0) is 5.41 Å². The van der Waals surface area contributed by atoms with Crippen molar-refractivity contribution in [3.8, 4) is 45.8 Å². The van der Waals surface area contributed by atoms with Crippen molar-refractivity contribution in [3.63, 3.8) is 0 Å². The monoisotopic (exact) mass is 706 g/mol. The molecule has 2 aromatic heterocycles. The number of para-hydroxylation sites is 1. The van der Waals surface area contributed by atoms with Crippen LogP contribution in [0.15, 0.2) is 133 Å². The van der Waals surface area contributed by atoms with E-state index in [9.17, 15) is 10.5 Å². The van der Waals surface area contributed by atoms with Crippen LogP contribution < -0.4 is 10.4 Å². The van der Waals surface area contributed by atoms with E-state index < -0.39 is 8.07 Å². The van der Waals surface area contributed by atoms with Gasteiger partial charge in [-0.25, -0.2) is 0 Å². The minimum atomic E-state index is -2.00. The average Bonchev–Trinajstić information content (AvgIpc) is 3.85. The first kappa shape index (κ1) is 30.9. The van der Waals surface area contributed by atoms with Crippen molar-refractivity contribution >= 4 is 62.1 Å². The van der Waals surface area contributed by atoms with Gasteiger partial charge in [-0.1, -0.05) is 87.6 Å². The van der Waals surface area contributed by atoms with E-state index in [-0.39, 0.29) is 5.41 Å². The zero-order valence-corrected chi connectivity index (χ0v) is 31.5. The molecule has 2 aliphatic rings. The minimum Gasteiger partial charge on any atom is -0.309 e. The quantitative estimate of drug-likeness (QED) is 0.168. The predicted molar refractivity (Wildman–Crippen MR) is 224 cm³/mol. The predicted octanol–water partition coefficient (Wildman–Crippen LogP) is 10.7. The third-order valence-electron chi connectivity index (χ3n) is 12.6. The first-order valence-electron chi connectivity index (χ1n) is 18.6. The molecule has 0 atom stereocenters. The lowest BCUT2D eigenvalue weighted by molar-refractivity contribution is 0.661. The number of hydrogen-bond donors (Lipinski definition) is 0. The number of nitrogens with zero attached hydrogens (tertiary/aromatic N) is 4. The SMILES string of the molecule is CC1(C)c2ccccc2-c2c1ccc1c2c2ccccc2n1-c1ccc2c(c1)-c1cc(-n3c4ccc(C#N)cc4c4cc(C#N)ccc43)ccc1[Si]2(C)C. The molecule has 11 rings (SSSR count). The smallest absolute Gasteiger partial charge is 0.113 e. The lowest BCUT2D eigenvalue weighted by Gasteiger charge is -2.21. The largest absolute Gasteiger partial charge is 0.309 e. The van der Waals surface area contributed by atoms with Gasteiger partial charge in [0.2, 0.25) is 0 Å². The van der Waals surface area contributed by atoms with E-state index >= 15 is 0 Å². The van der Waals surface area contributed by atoms with Crippen molar-refractivity contribution in [2.24, 2.45) is 0 Å². The zero-order valence-electron chi connectivity index (χ0n) is 30.5. The summed E-state index contributed by atoms with van der Waals surface area (Å²) in [5, 5.41) is 26.9. The summed E-state index contributed by atoms with van der Waals surface area (Å²) in [5.41, 5.74) is 15.9. The van der Waals surface area contributed by atoms with Crippen LogP contribution in [0.5, 0.6) is 0 Å². The third-order valence-corrected chi connectivity index (χ3v) is 16.1. The summed E-state index contributed by atoms with van der Waals surface area (Å²) in [6.45, 7) is 9.64. The van der Waals surface area contributed by atoms with Crippen LogP contribution in [0.3, 0.4) is 0 Å². The standard InChI is InChI=1S/C49H34N4Si/c1-49(2)39-11-7-5-9-33(39)47-40(49)17-20-44-48(47)34-10-6-8-12-41(34)53(44)32-16-22-46-38(26-32)37-25-31(15-21-45(37)54(46,3)4)52-42-18-13-29(27-50)23-35(42)36-24-30(28-51)14-19-43(36)52/h5-26H,1-4H3. The molecule has 3 heterocycles. The van der Waals surface area contributed by atoms with Gasteiger partial charge in [-0.05, 0) is 117 Å². The molecule has 54 heavy (non-hydrogen) atoms. The van der Waals surface area contributed by atoms with Crippen LogP contribution >= 0.6 is 0 Å². The summed E-state index contributed by atoms with van der Waals surface area (Å²) in [5.74, 6) is 0. The number of hydrogen-bond acceptors (Lipinski definition) is 2. The van der Waals surface area contributed by atoms with Crippen molar-refractivity contribution in [2.45, 2.75) is 32.4 Å². The topological polar surface area (TPSA) is 57.4 Å². The highest BCUT2D eigenvalue weighted by Gasteiger charge is 2.39. The summed E-state index contributed by atoms with van der Waals surface area (Å²) in [6.07, 6.45) is 0. The molecule has 1 aliphatic heterocycles. The fraction of sp³-hybridized carbons (Fsp3) is 0.102. The van der Waals surface area contributed by atoms with Crippen LogP contribution in [0.4, 0.5) is 0 Å². The first-order chi connectivity index (χ1) is 26.2. The molecule has 1 aliphatic carbocycles. The molecule has 0 spiro atoms. The van der Waals surface area contributed by atoms with E-state index in [2.05, 4.69) is 145 Å². The fourth-order valence-corrected chi connectivity index (χ4v) is 13.0. The zero-order chi connectivity index (χ0) is 36.7. The maximum atomic E-state index is 9.74. The van der Waals surface area contributed by atoms with Crippen LogP contribution in [0.1, 0.15) is 36.1 Å². The van der Waals surface area contributed by atoms with Gasteiger partial charge in [-0.3, -0.25) is 0 Å². The second kappa shape index (κ2) is 10.5. The Balaban J connectivity index is 1.15. The molecule has 0 saturated carbocycles. The lowest BCUT2D eigenvalue weighted by atomic mass is 9.82. The van der Waals surface area contributed by atoms with Gasteiger partial charge in [-0.15, -0.1) is 0 Å². The van der Waals surface area contributed by atoms with Gasteiger partial charge in [0.05, 0.1) is 45.3 Å². The van der Waals surface area contributed by atoms with E-state index in [1.807, 2.05) is 36.4 Å². The van der Waals surface area contributed by atoms with E-state index in [4.69, 9.17) is 0 Å². The Morgan fingerprint density at radius 3 is 1.67 bits per heavy atom. The number of aromatic nitrogens is 2. The van der Waals surface area contributed by atoms with Gasteiger partial charge in [0.15, 0.2) is 0 Å². The Morgan fingerprint density at radius 1 is 0.500 bits per heavy atom. The number of nitriles is 2. The molecule has 254 valence electrons. The van der Waals surface area contributed by atoms with Crippen molar-refractivity contribution in [1.29, 1.82) is 10.5 Å². The summed E-state index contributed by atoms with van der Waals surface area (Å²) in [6, 6.07) is 53.0. The van der Waals surface area contributed by atoms with E-state index in [0.717, 1.165) is 27.5 Å². The average molecular weight is 707 g/mol. The second-order valence-electron chi connectivity index (χ2n) is 16.0. The van der Waals surface area contributed by atoms with Crippen LogP contribution in [0.25, 0.3) is 77.2 Å². The highest BCUT2D eigenvalue weighted by molar-refractivity contribution is 7.03. The van der Waals surface area contributed by atoms with Gasteiger partial charge in [0.1, 0.15) is 8.07 Å². The summed E-state index contributed by atoms with van der Waals surface area (Å²) < 4.78 is 4.76. The molecule has 7 aromatic carbocycles. The summed E-state index contributed by atoms with van der Waals surface area (Å²) in [4.78, 5) is 0. The third kappa shape index (κ3) is 3.84. The molecule has 9 aromatic rings. The van der Waals surface area contributed by atoms with Crippen molar-refractivity contribution in [2.75, 3.05) is 0 Å². The molecule has 0 N–H and O–H groups in total. The van der Waals surface area contributed by atoms with Crippen molar-refractivity contribution < 1.29 is 0 Å². The van der Waals surface area contributed by atoms with E-state index in [1.165, 1.54) is 71.2 Å². The van der Waals surface area contributed by atoms with Gasteiger partial charge >= 0.3 is 0 Å². The summed E-state index contributed by atoms with van der Waals surface area (Å²) in [7, 11) is -2.00. The molecular formula is C49H34N4Si. The Kier molecular flexibility index (Phi) is 6.00. The molecule has 0 fully saturated rings. The van der Waals surface area contributed by atoms with E-state index in [1.54, 1.807) is 0 Å². The van der Waals surface area contributed by atoms with Gasteiger partial charge in [-0.2, -0.15) is 10.5 Å². The Bertz CT molecular complexity index is 3180. The van der Waals surface area contributed by atoms with Gasteiger partial charge in [0.25, 0.3) is 0 Å². The maximum Gasteiger partial charge on any atom is 0.113 e. The molecular weight excluding hydrogens is 673 g/mol. The molecule has 0 bridgehead atoms. The molecule has 4 nitrogen and oxygen atoms in total. The normalized spacial score (nSPS) is 14.6. The second-order valence-corrected chi connectivity index (χ2v) is 20.3. The Morgan fingerprint density at radius 2 is 1.04 bits per heavy atom. The van der Waals surface area contributed by atoms with Crippen LogP contribution in [0, 0.1) is 22.7 Å². The molecule has 0 unspecified atom stereocenters. The van der Waals surface area contributed by atoms with Crippen LogP contribution in [-0.4, -0.2) is 17.2 Å². The first-order valence-corrected chi connectivity index (χ1v) is 21.6. The Labute approximate surface area is 314 Å². The highest BCUT2D eigenvalue weighted by atomic mass is 28.3. The molecule has 0 saturated heterocycles. The highest BCUT2D eigenvalue weighted by Crippen LogP contribution is 2.53. The number of benzene rings is 7. The van der Waals surface area contributed by atoms with E-state index in [0.29, 0.717) is 11.1 Å². The molecule has 0 radical (unpaired) electrons. The minimum absolute atomic E-state index is 0.0685. The van der Waals surface area contributed by atoms with Crippen LogP contribution in [0.2, 0.25) is 13.1 Å². The van der Waals surface area contributed by atoms with Gasteiger partial charge < -0.3 is 9.13 Å². The molecule has 0 amide bonds. The van der Waals surface area contributed by atoms with Crippen molar-refractivity contribution in [3.05, 3.63) is 156 Å². The Hall–Kier alpha value is -6.66. The number of rotatable bonds is 2. The molecule has 5 heteroatoms. The number of fused-ring (bicyclic) bond motifs is 13. The summed E-state index contributed by atoms with van der Waals surface area (Å²) >= 11 is 0. The fourth-order valence-electron chi connectivity index (χ4n) is 9.99. The van der Waals surface area contributed by atoms with Gasteiger partial charge in [0, 0.05) is 38.3 Å². The lowest BCUT2D eigenvalue weighted by Crippen LogP contribution is -2.49.